The third-order valence-electron chi connectivity index (χ3n) is 6.28. The van der Waals surface area contributed by atoms with E-state index >= 15 is 0 Å². The van der Waals surface area contributed by atoms with E-state index in [1.165, 1.54) is 10.9 Å². The average Bonchev–Trinajstić information content (AvgIpc) is 3.61. The maximum Gasteiger partial charge on any atom is 0.257 e. The Morgan fingerprint density at radius 3 is 2.44 bits per heavy atom. The monoisotopic (exact) mass is 533 g/mol. The van der Waals surface area contributed by atoms with Crippen LogP contribution >= 0.6 is 0 Å². The van der Waals surface area contributed by atoms with E-state index in [-0.39, 0.29) is 11.5 Å². The van der Waals surface area contributed by atoms with Crippen molar-refractivity contribution in [2.24, 2.45) is 0 Å². The van der Waals surface area contributed by atoms with Crippen molar-refractivity contribution in [2.45, 2.75) is 46.5 Å². The first-order valence-corrected chi connectivity index (χ1v) is 13.2. The van der Waals surface area contributed by atoms with Gasteiger partial charge >= 0.3 is 0 Å². The first-order chi connectivity index (χ1) is 19.0. The molecular formula is C28H31N5O6. The molecule has 0 bridgehead atoms. The fourth-order valence-electron chi connectivity index (χ4n) is 4.58. The number of aryl methyl sites for hydroxylation is 1. The summed E-state index contributed by atoms with van der Waals surface area (Å²) in [5.41, 5.74) is 2.02. The number of fused-ring (bicyclic) bond motifs is 1. The predicted octanol–water partition coefficient (Wildman–Crippen LogP) is 4.54. The Labute approximate surface area is 225 Å². The van der Waals surface area contributed by atoms with Crippen molar-refractivity contribution in [1.82, 2.24) is 19.7 Å². The van der Waals surface area contributed by atoms with Gasteiger partial charge in [-0.05, 0) is 70.7 Å². The van der Waals surface area contributed by atoms with Gasteiger partial charge in [0.25, 0.3) is 11.5 Å². The van der Waals surface area contributed by atoms with Crippen LogP contribution in [0.5, 0.6) is 17.2 Å². The summed E-state index contributed by atoms with van der Waals surface area (Å²) < 4.78 is 24.2. The van der Waals surface area contributed by atoms with Gasteiger partial charge in [-0.3, -0.25) is 14.6 Å². The molecule has 0 saturated carbocycles. The lowest BCUT2D eigenvalue weighted by molar-refractivity contribution is 0.102. The minimum atomic E-state index is -0.438. The van der Waals surface area contributed by atoms with Crippen molar-refractivity contribution < 1.29 is 23.4 Å². The van der Waals surface area contributed by atoms with Gasteiger partial charge in [-0.2, -0.15) is 9.78 Å². The van der Waals surface area contributed by atoms with Gasteiger partial charge in [-0.25, -0.2) is 4.98 Å². The molecule has 39 heavy (non-hydrogen) atoms. The Balaban J connectivity index is 1.56. The topological polar surface area (TPSA) is 134 Å². The number of aromatic amines is 1. The molecule has 204 valence electrons. The van der Waals surface area contributed by atoms with Crippen molar-refractivity contribution in [1.29, 1.82) is 0 Å². The van der Waals surface area contributed by atoms with E-state index in [0.717, 1.165) is 18.5 Å². The molecule has 11 nitrogen and oxygen atoms in total. The van der Waals surface area contributed by atoms with Crippen LogP contribution in [-0.4, -0.2) is 45.5 Å². The van der Waals surface area contributed by atoms with Crippen LogP contribution in [0.4, 0.5) is 5.82 Å². The van der Waals surface area contributed by atoms with Gasteiger partial charge in [0.15, 0.2) is 17.3 Å². The van der Waals surface area contributed by atoms with Crippen molar-refractivity contribution in [3.63, 3.8) is 0 Å². The number of rotatable bonds is 10. The number of carbonyl (C=O) groups is 1. The second-order valence-electron chi connectivity index (χ2n) is 8.88. The van der Waals surface area contributed by atoms with Crippen LogP contribution in [0.15, 0.2) is 45.8 Å². The molecule has 0 radical (unpaired) electrons. The molecule has 4 aromatic rings. The van der Waals surface area contributed by atoms with Gasteiger partial charge in [0.1, 0.15) is 11.5 Å². The molecule has 1 aliphatic rings. The van der Waals surface area contributed by atoms with E-state index in [1.807, 2.05) is 20.8 Å². The SMILES string of the molecule is CCOc1cc(C(=O)Nc2cc(-c3ccco3)nn2-c2nc3c(c(=O)[nH]2)CCCC3)cc(OCC)c1OCC. The summed E-state index contributed by atoms with van der Waals surface area (Å²) in [5, 5.41) is 7.50. The van der Waals surface area contributed by atoms with E-state index in [9.17, 15) is 9.59 Å². The second-order valence-corrected chi connectivity index (χ2v) is 8.88. The Bertz CT molecular complexity index is 1490. The summed E-state index contributed by atoms with van der Waals surface area (Å²) in [5.74, 6) is 1.83. The van der Waals surface area contributed by atoms with Gasteiger partial charge < -0.3 is 23.9 Å². The van der Waals surface area contributed by atoms with E-state index in [0.29, 0.717) is 78.3 Å². The molecule has 3 aromatic heterocycles. The number of carbonyl (C=O) groups excluding carboxylic acids is 1. The van der Waals surface area contributed by atoms with Gasteiger partial charge in [0.05, 0.1) is 31.8 Å². The van der Waals surface area contributed by atoms with Crippen LogP contribution in [0, 0.1) is 0 Å². The number of nitrogens with one attached hydrogen (secondary N) is 2. The van der Waals surface area contributed by atoms with Crippen LogP contribution in [0.2, 0.25) is 0 Å². The largest absolute Gasteiger partial charge is 0.490 e. The summed E-state index contributed by atoms with van der Waals surface area (Å²) in [6.07, 6.45) is 4.87. The smallest absolute Gasteiger partial charge is 0.257 e. The van der Waals surface area contributed by atoms with Crippen LogP contribution in [0.3, 0.4) is 0 Å². The van der Waals surface area contributed by atoms with Crippen molar-refractivity contribution in [3.8, 4) is 34.7 Å². The highest BCUT2D eigenvalue weighted by Crippen LogP contribution is 2.39. The predicted molar refractivity (Wildman–Crippen MR) is 144 cm³/mol. The molecule has 1 aliphatic carbocycles. The maximum absolute atomic E-state index is 13.6. The Hall–Kier alpha value is -4.54. The van der Waals surface area contributed by atoms with E-state index in [1.54, 1.807) is 30.3 Å². The standard InChI is InChI=1S/C28H31N5O6/c1-4-36-22-14-17(15-23(37-5-2)25(22)38-6-3)26(34)30-24-16-20(21-12-9-13-39-21)32-33(24)28-29-19-11-8-7-10-18(19)27(35)31-28/h9,12-16H,4-8,10-11H2,1-3H3,(H,30,34)(H,29,31,35). The van der Waals surface area contributed by atoms with Crippen molar-refractivity contribution in [2.75, 3.05) is 25.1 Å². The Kier molecular flexibility index (Phi) is 7.67. The van der Waals surface area contributed by atoms with Crippen LogP contribution in [-0.2, 0) is 12.8 Å². The molecule has 3 heterocycles. The number of ether oxygens (including phenoxy) is 3. The zero-order valence-electron chi connectivity index (χ0n) is 22.2. The molecule has 0 aliphatic heterocycles. The van der Waals surface area contributed by atoms with Crippen LogP contribution < -0.4 is 25.1 Å². The summed E-state index contributed by atoms with van der Waals surface area (Å²) in [4.78, 5) is 33.9. The molecule has 0 fully saturated rings. The fraction of sp³-hybridized carbons (Fsp3) is 0.357. The van der Waals surface area contributed by atoms with Crippen molar-refractivity contribution >= 4 is 11.7 Å². The lowest BCUT2D eigenvalue weighted by atomic mass is 9.97. The molecule has 2 N–H and O–H groups in total. The van der Waals surface area contributed by atoms with E-state index in [4.69, 9.17) is 23.6 Å². The maximum atomic E-state index is 13.6. The first-order valence-electron chi connectivity index (χ1n) is 13.2. The molecule has 5 rings (SSSR count). The molecule has 0 unspecified atom stereocenters. The molecule has 0 spiro atoms. The fourth-order valence-corrected chi connectivity index (χ4v) is 4.58. The molecule has 0 atom stereocenters. The summed E-state index contributed by atoms with van der Waals surface area (Å²) in [6.45, 7) is 6.74. The highest BCUT2D eigenvalue weighted by Gasteiger charge is 2.23. The summed E-state index contributed by atoms with van der Waals surface area (Å²) in [7, 11) is 0. The number of hydrogen-bond acceptors (Lipinski definition) is 8. The molecule has 11 heteroatoms. The van der Waals surface area contributed by atoms with Crippen LogP contribution in [0.1, 0.15) is 55.2 Å². The lowest BCUT2D eigenvalue weighted by Gasteiger charge is -2.17. The molecular weight excluding hydrogens is 502 g/mol. The zero-order chi connectivity index (χ0) is 27.4. The number of H-pyrrole nitrogens is 1. The van der Waals surface area contributed by atoms with Gasteiger partial charge in [0.2, 0.25) is 11.7 Å². The number of anilines is 1. The summed E-state index contributed by atoms with van der Waals surface area (Å²) in [6, 6.07) is 8.39. The molecule has 1 amide bonds. The van der Waals surface area contributed by atoms with E-state index in [2.05, 4.69) is 15.4 Å². The number of nitrogens with zero attached hydrogens (tertiary/aromatic N) is 3. The third kappa shape index (κ3) is 5.38. The Morgan fingerprint density at radius 1 is 1.05 bits per heavy atom. The number of aromatic nitrogens is 4. The van der Waals surface area contributed by atoms with Gasteiger partial charge in [-0.1, -0.05) is 0 Å². The number of amides is 1. The van der Waals surface area contributed by atoms with E-state index < -0.39 is 5.91 Å². The van der Waals surface area contributed by atoms with Gasteiger partial charge in [-0.15, -0.1) is 0 Å². The zero-order valence-corrected chi connectivity index (χ0v) is 22.2. The molecule has 0 saturated heterocycles. The first kappa shape index (κ1) is 26.1. The minimum absolute atomic E-state index is 0.198. The number of furan rings is 1. The quantitative estimate of drug-likeness (QED) is 0.303. The molecule has 1 aromatic carbocycles. The average molecular weight is 534 g/mol. The number of hydrogen-bond donors (Lipinski definition) is 2. The highest BCUT2D eigenvalue weighted by atomic mass is 16.5. The normalized spacial score (nSPS) is 12.6. The van der Waals surface area contributed by atoms with Gasteiger partial charge in [0, 0.05) is 17.2 Å². The third-order valence-corrected chi connectivity index (χ3v) is 6.28. The minimum Gasteiger partial charge on any atom is -0.490 e. The number of benzene rings is 1. The second kappa shape index (κ2) is 11.5. The summed E-state index contributed by atoms with van der Waals surface area (Å²) >= 11 is 0. The highest BCUT2D eigenvalue weighted by molar-refractivity contribution is 6.05. The Morgan fingerprint density at radius 2 is 1.77 bits per heavy atom. The van der Waals surface area contributed by atoms with Crippen molar-refractivity contribution in [3.05, 3.63) is 63.8 Å². The lowest BCUT2D eigenvalue weighted by Crippen LogP contribution is -2.24. The van der Waals surface area contributed by atoms with Crippen LogP contribution in [0.25, 0.3) is 17.4 Å².